The largest absolute Gasteiger partial charge is 0.383 e. The van der Waals surface area contributed by atoms with Crippen molar-refractivity contribution in [2.75, 3.05) is 12.3 Å². The number of hydrogen-bond donors (Lipinski definition) is 3. The van der Waals surface area contributed by atoms with Crippen molar-refractivity contribution < 1.29 is 4.79 Å². The van der Waals surface area contributed by atoms with Crippen molar-refractivity contribution >= 4 is 23.5 Å². The van der Waals surface area contributed by atoms with Crippen LogP contribution in [-0.4, -0.2) is 27.7 Å². The van der Waals surface area contributed by atoms with Crippen LogP contribution in [-0.2, 0) is 4.79 Å². The predicted molar refractivity (Wildman–Crippen MR) is 72.5 cm³/mol. The Morgan fingerprint density at radius 3 is 3.00 bits per heavy atom. The summed E-state index contributed by atoms with van der Waals surface area (Å²) in [5, 5.41) is 2.85. The summed E-state index contributed by atoms with van der Waals surface area (Å²) in [4.78, 5) is 29.4. The predicted octanol–water partition coefficient (Wildman–Crippen LogP) is 0.749. The normalized spacial score (nSPS) is 12.1. The number of unbranched alkanes of at least 4 members (excludes halogenated alkanes) is 1. The van der Waals surface area contributed by atoms with Crippen LogP contribution in [0, 0.1) is 0 Å². The first-order valence-corrected chi connectivity index (χ1v) is 6.72. The van der Waals surface area contributed by atoms with Crippen LogP contribution in [0.15, 0.2) is 16.0 Å². The van der Waals surface area contributed by atoms with E-state index in [0.29, 0.717) is 11.7 Å². The Labute approximate surface area is 110 Å². The van der Waals surface area contributed by atoms with Gasteiger partial charge in [0, 0.05) is 12.6 Å². The summed E-state index contributed by atoms with van der Waals surface area (Å²) in [5.74, 6) is 0.0818. The van der Waals surface area contributed by atoms with Gasteiger partial charge in [-0.15, -0.1) is 0 Å². The summed E-state index contributed by atoms with van der Waals surface area (Å²) in [6, 6.07) is 1.20. The van der Waals surface area contributed by atoms with Crippen molar-refractivity contribution in [3.05, 3.63) is 16.4 Å². The van der Waals surface area contributed by atoms with E-state index >= 15 is 0 Å². The third-order valence-corrected chi connectivity index (χ3v) is 3.21. The third-order valence-electron chi connectivity index (χ3n) is 2.23. The summed E-state index contributed by atoms with van der Waals surface area (Å²) in [7, 11) is 0. The average Bonchev–Trinajstić information content (AvgIpc) is 2.27. The molecule has 7 heteroatoms. The first-order chi connectivity index (χ1) is 8.52. The number of anilines is 1. The number of amides is 1. The average molecular weight is 270 g/mol. The van der Waals surface area contributed by atoms with Crippen molar-refractivity contribution in [2.45, 2.75) is 37.1 Å². The molecule has 1 heterocycles. The number of hydrogen-bond acceptors (Lipinski definition) is 5. The maximum Gasteiger partial charge on any atom is 0.253 e. The van der Waals surface area contributed by atoms with E-state index in [-0.39, 0.29) is 22.5 Å². The van der Waals surface area contributed by atoms with E-state index in [1.54, 1.807) is 6.92 Å². The van der Waals surface area contributed by atoms with Crippen molar-refractivity contribution in [3.63, 3.8) is 0 Å². The van der Waals surface area contributed by atoms with Crippen molar-refractivity contribution in [1.82, 2.24) is 15.3 Å². The molecule has 0 radical (unpaired) electrons. The number of aromatic nitrogens is 2. The maximum absolute atomic E-state index is 11.7. The zero-order valence-electron chi connectivity index (χ0n) is 10.5. The van der Waals surface area contributed by atoms with E-state index in [1.807, 2.05) is 0 Å². The molecular weight excluding hydrogens is 252 g/mol. The molecule has 0 aliphatic heterocycles. The van der Waals surface area contributed by atoms with E-state index in [2.05, 4.69) is 22.2 Å². The van der Waals surface area contributed by atoms with E-state index in [9.17, 15) is 9.59 Å². The lowest BCUT2D eigenvalue weighted by molar-refractivity contribution is -0.120. The molecule has 0 aliphatic carbocycles. The first kappa shape index (κ1) is 14.6. The number of rotatable bonds is 6. The van der Waals surface area contributed by atoms with Gasteiger partial charge in [-0.05, 0) is 13.3 Å². The Morgan fingerprint density at radius 2 is 2.39 bits per heavy atom. The maximum atomic E-state index is 11.7. The van der Waals surface area contributed by atoms with E-state index in [1.165, 1.54) is 17.8 Å². The monoisotopic (exact) mass is 270 g/mol. The highest BCUT2D eigenvalue weighted by molar-refractivity contribution is 8.00. The van der Waals surface area contributed by atoms with Gasteiger partial charge in [-0.25, -0.2) is 4.98 Å². The zero-order valence-corrected chi connectivity index (χ0v) is 11.3. The van der Waals surface area contributed by atoms with Crippen LogP contribution >= 0.6 is 11.8 Å². The molecule has 0 saturated heterocycles. The Morgan fingerprint density at radius 1 is 1.67 bits per heavy atom. The molecule has 0 bridgehead atoms. The highest BCUT2D eigenvalue weighted by Gasteiger charge is 2.15. The second-order valence-corrected chi connectivity index (χ2v) is 5.21. The fourth-order valence-electron chi connectivity index (χ4n) is 1.26. The lowest BCUT2D eigenvalue weighted by Gasteiger charge is -2.10. The van der Waals surface area contributed by atoms with Gasteiger partial charge in [-0.2, -0.15) is 0 Å². The van der Waals surface area contributed by atoms with Crippen molar-refractivity contribution in [2.24, 2.45) is 0 Å². The minimum Gasteiger partial charge on any atom is -0.383 e. The van der Waals surface area contributed by atoms with Crippen LogP contribution < -0.4 is 16.6 Å². The van der Waals surface area contributed by atoms with Crippen LogP contribution in [0.4, 0.5) is 5.82 Å². The molecular formula is C11H18N4O2S. The quantitative estimate of drug-likeness (QED) is 0.402. The topological polar surface area (TPSA) is 101 Å². The van der Waals surface area contributed by atoms with Gasteiger partial charge in [-0.3, -0.25) is 9.59 Å². The molecule has 0 saturated carbocycles. The Kier molecular flexibility index (Phi) is 5.70. The van der Waals surface area contributed by atoms with Crippen LogP contribution in [0.5, 0.6) is 0 Å². The lowest BCUT2D eigenvalue weighted by Crippen LogP contribution is -2.31. The van der Waals surface area contributed by atoms with E-state index in [0.717, 1.165) is 12.8 Å². The number of H-pyrrole nitrogens is 1. The number of aromatic amines is 1. The molecule has 100 valence electrons. The molecule has 1 amide bonds. The minimum absolute atomic E-state index is 0.0708. The lowest BCUT2D eigenvalue weighted by atomic mass is 10.3. The number of nitrogens with one attached hydrogen (secondary N) is 2. The molecule has 1 rings (SSSR count). The van der Waals surface area contributed by atoms with Crippen LogP contribution in [0.25, 0.3) is 0 Å². The van der Waals surface area contributed by atoms with Gasteiger partial charge in [0.05, 0.1) is 5.25 Å². The zero-order chi connectivity index (χ0) is 13.5. The number of nitrogens with zero attached hydrogens (tertiary/aromatic N) is 1. The molecule has 4 N–H and O–H groups in total. The number of thioether (sulfide) groups is 1. The SMILES string of the molecule is CCCCNC(=O)C(C)Sc1nc(N)cc(=O)[nH]1. The molecule has 1 aromatic heterocycles. The molecule has 0 fully saturated rings. The fourth-order valence-corrected chi connectivity index (χ4v) is 2.11. The standard InChI is InChI=1S/C11H18N4O2S/c1-3-4-5-13-10(17)7(2)18-11-14-8(12)6-9(16)15-11/h6-7H,3-5H2,1-2H3,(H,13,17)(H3,12,14,15,16). The van der Waals surface area contributed by atoms with E-state index < -0.39 is 0 Å². The van der Waals surface area contributed by atoms with Gasteiger partial charge in [-0.1, -0.05) is 25.1 Å². The van der Waals surface area contributed by atoms with Crippen LogP contribution in [0.3, 0.4) is 0 Å². The molecule has 0 aliphatic rings. The highest BCUT2D eigenvalue weighted by atomic mass is 32.2. The van der Waals surface area contributed by atoms with Gasteiger partial charge < -0.3 is 16.0 Å². The van der Waals surface area contributed by atoms with Crippen molar-refractivity contribution in [1.29, 1.82) is 0 Å². The van der Waals surface area contributed by atoms with Gasteiger partial charge in [0.25, 0.3) is 5.56 Å². The van der Waals surface area contributed by atoms with Crippen LogP contribution in [0.1, 0.15) is 26.7 Å². The number of nitrogens with two attached hydrogens (primary N) is 1. The smallest absolute Gasteiger partial charge is 0.253 e. The molecule has 0 aromatic carbocycles. The molecule has 1 atom stereocenters. The molecule has 1 unspecified atom stereocenters. The second kappa shape index (κ2) is 7.05. The fraction of sp³-hybridized carbons (Fsp3) is 0.545. The first-order valence-electron chi connectivity index (χ1n) is 5.84. The summed E-state index contributed by atoms with van der Waals surface area (Å²) in [6.45, 7) is 4.49. The van der Waals surface area contributed by atoms with Gasteiger partial charge in [0.15, 0.2) is 5.16 Å². The second-order valence-electron chi connectivity index (χ2n) is 3.88. The van der Waals surface area contributed by atoms with E-state index in [4.69, 9.17) is 5.73 Å². The Hall–Kier alpha value is -1.50. The number of nitrogen functional groups attached to an aromatic ring is 1. The number of carbonyl (C=O) groups is 1. The van der Waals surface area contributed by atoms with Crippen LogP contribution in [0.2, 0.25) is 0 Å². The molecule has 6 nitrogen and oxygen atoms in total. The van der Waals surface area contributed by atoms with Gasteiger partial charge >= 0.3 is 0 Å². The molecule has 0 spiro atoms. The summed E-state index contributed by atoms with van der Waals surface area (Å²) in [6.07, 6.45) is 1.99. The summed E-state index contributed by atoms with van der Waals surface area (Å²) < 4.78 is 0. The molecule has 18 heavy (non-hydrogen) atoms. The minimum atomic E-state index is -0.327. The van der Waals surface area contributed by atoms with Gasteiger partial charge in [0.1, 0.15) is 5.82 Å². The third kappa shape index (κ3) is 4.79. The highest BCUT2D eigenvalue weighted by Crippen LogP contribution is 2.18. The summed E-state index contributed by atoms with van der Waals surface area (Å²) in [5.41, 5.74) is 5.15. The summed E-state index contributed by atoms with van der Waals surface area (Å²) >= 11 is 1.18. The van der Waals surface area contributed by atoms with Gasteiger partial charge in [0.2, 0.25) is 5.91 Å². The van der Waals surface area contributed by atoms with Crippen molar-refractivity contribution in [3.8, 4) is 0 Å². The molecule has 1 aromatic rings. The Balaban J connectivity index is 2.55. The number of carbonyl (C=O) groups excluding carboxylic acids is 1. The Bertz CT molecular complexity index is 461.